The molecule has 2 aliphatic rings. The van der Waals surface area contributed by atoms with E-state index in [1.54, 1.807) is 12.1 Å². The molecule has 2 amide bonds. The van der Waals surface area contributed by atoms with Crippen LogP contribution in [-0.2, 0) is 0 Å². The van der Waals surface area contributed by atoms with Gasteiger partial charge in [0.2, 0.25) is 0 Å². The molecule has 0 bridgehead atoms. The number of hydrogen-bond acceptors (Lipinski definition) is 4. The van der Waals surface area contributed by atoms with Crippen molar-refractivity contribution in [2.75, 3.05) is 0 Å². The van der Waals surface area contributed by atoms with Crippen LogP contribution in [0.1, 0.15) is 64.2 Å². The molecule has 2 aromatic rings. The SMILES string of the molecule is O=C(NC1CCCCC1)Oc1cccc(-c2cccc(OC(=O)NC3CCCCC3)c2)c1. The van der Waals surface area contributed by atoms with Crippen molar-refractivity contribution in [3.05, 3.63) is 48.5 Å². The minimum absolute atomic E-state index is 0.202. The first-order valence-corrected chi connectivity index (χ1v) is 11.8. The van der Waals surface area contributed by atoms with Crippen LogP contribution in [-0.4, -0.2) is 24.3 Å². The summed E-state index contributed by atoms with van der Waals surface area (Å²) < 4.78 is 11.0. The van der Waals surface area contributed by atoms with E-state index < -0.39 is 12.2 Å². The van der Waals surface area contributed by atoms with Crippen LogP contribution in [0.3, 0.4) is 0 Å². The first-order chi connectivity index (χ1) is 15.7. The first kappa shape index (κ1) is 22.2. The lowest BCUT2D eigenvalue weighted by atomic mass is 9.96. The Balaban J connectivity index is 1.36. The Kier molecular flexibility index (Phi) is 7.64. The Labute approximate surface area is 189 Å². The van der Waals surface area contributed by atoms with Gasteiger partial charge in [-0.2, -0.15) is 0 Å². The van der Waals surface area contributed by atoms with E-state index in [1.165, 1.54) is 12.8 Å². The molecule has 0 aromatic heterocycles. The van der Waals surface area contributed by atoms with Gasteiger partial charge in [0, 0.05) is 12.1 Å². The van der Waals surface area contributed by atoms with Crippen molar-refractivity contribution in [2.45, 2.75) is 76.3 Å². The third-order valence-corrected chi connectivity index (χ3v) is 6.28. The van der Waals surface area contributed by atoms with Crippen molar-refractivity contribution < 1.29 is 19.1 Å². The number of hydrogen-bond donors (Lipinski definition) is 2. The van der Waals surface area contributed by atoms with Crippen molar-refractivity contribution in [3.63, 3.8) is 0 Å². The fourth-order valence-electron chi connectivity index (χ4n) is 4.58. The fourth-order valence-corrected chi connectivity index (χ4v) is 4.58. The second-order valence-corrected chi connectivity index (χ2v) is 8.79. The number of nitrogens with one attached hydrogen (secondary N) is 2. The normalized spacial score (nSPS) is 17.4. The van der Waals surface area contributed by atoms with E-state index in [2.05, 4.69) is 10.6 Å². The van der Waals surface area contributed by atoms with Crippen LogP contribution in [0.15, 0.2) is 48.5 Å². The molecule has 2 aromatic carbocycles. The van der Waals surface area contributed by atoms with Gasteiger partial charge in [0.15, 0.2) is 0 Å². The Morgan fingerprint density at radius 2 is 1.03 bits per heavy atom. The molecule has 6 heteroatoms. The molecule has 32 heavy (non-hydrogen) atoms. The van der Waals surface area contributed by atoms with E-state index in [4.69, 9.17) is 9.47 Å². The maximum absolute atomic E-state index is 12.3. The third kappa shape index (κ3) is 6.49. The summed E-state index contributed by atoms with van der Waals surface area (Å²) in [7, 11) is 0. The van der Waals surface area contributed by atoms with Gasteiger partial charge in [0.05, 0.1) is 0 Å². The standard InChI is InChI=1S/C26H32N2O4/c29-25(27-21-11-3-1-4-12-21)31-23-15-7-9-19(17-23)20-10-8-16-24(18-20)32-26(30)28-22-13-5-2-6-14-22/h7-10,15-18,21-22H,1-6,11-14H2,(H,27,29)(H,28,30). The topological polar surface area (TPSA) is 76.7 Å². The summed E-state index contributed by atoms with van der Waals surface area (Å²) in [5.41, 5.74) is 1.76. The van der Waals surface area contributed by atoms with Crippen molar-refractivity contribution >= 4 is 12.2 Å². The molecule has 0 aliphatic heterocycles. The number of amides is 2. The Hall–Kier alpha value is -3.02. The van der Waals surface area contributed by atoms with Crippen LogP contribution >= 0.6 is 0 Å². The molecule has 0 radical (unpaired) electrons. The summed E-state index contributed by atoms with van der Waals surface area (Å²) >= 11 is 0. The smallest absolute Gasteiger partial charge is 0.410 e. The van der Waals surface area contributed by atoms with Crippen LogP contribution < -0.4 is 20.1 Å². The highest BCUT2D eigenvalue weighted by Gasteiger charge is 2.18. The van der Waals surface area contributed by atoms with E-state index in [9.17, 15) is 9.59 Å². The lowest BCUT2D eigenvalue weighted by Crippen LogP contribution is -2.38. The van der Waals surface area contributed by atoms with Gasteiger partial charge in [-0.15, -0.1) is 0 Å². The van der Waals surface area contributed by atoms with Crippen LogP contribution in [0.4, 0.5) is 9.59 Å². The molecule has 170 valence electrons. The minimum atomic E-state index is -0.412. The van der Waals surface area contributed by atoms with Gasteiger partial charge in [-0.3, -0.25) is 0 Å². The molecule has 0 saturated heterocycles. The molecule has 2 saturated carbocycles. The third-order valence-electron chi connectivity index (χ3n) is 6.28. The molecule has 0 atom stereocenters. The summed E-state index contributed by atoms with van der Waals surface area (Å²) in [6.45, 7) is 0. The average molecular weight is 437 g/mol. The highest BCUT2D eigenvalue weighted by atomic mass is 16.6. The van der Waals surface area contributed by atoms with Crippen molar-refractivity contribution in [2.24, 2.45) is 0 Å². The van der Waals surface area contributed by atoms with E-state index >= 15 is 0 Å². The van der Waals surface area contributed by atoms with E-state index in [1.807, 2.05) is 36.4 Å². The molecule has 0 heterocycles. The van der Waals surface area contributed by atoms with Gasteiger partial charge in [-0.25, -0.2) is 9.59 Å². The molecular formula is C26H32N2O4. The lowest BCUT2D eigenvalue weighted by molar-refractivity contribution is 0.191. The maximum atomic E-state index is 12.3. The molecule has 4 rings (SSSR count). The Bertz CT molecular complexity index is 842. The monoisotopic (exact) mass is 436 g/mol. The van der Waals surface area contributed by atoms with Gasteiger partial charge >= 0.3 is 12.2 Å². The van der Waals surface area contributed by atoms with Crippen LogP contribution in [0, 0.1) is 0 Å². The van der Waals surface area contributed by atoms with Crippen LogP contribution in [0.2, 0.25) is 0 Å². The zero-order valence-corrected chi connectivity index (χ0v) is 18.5. The van der Waals surface area contributed by atoms with Gasteiger partial charge < -0.3 is 20.1 Å². The fraction of sp³-hybridized carbons (Fsp3) is 0.462. The molecule has 6 nitrogen and oxygen atoms in total. The second-order valence-electron chi connectivity index (χ2n) is 8.79. The lowest BCUT2D eigenvalue weighted by Gasteiger charge is -2.22. The highest BCUT2D eigenvalue weighted by molar-refractivity contribution is 5.74. The van der Waals surface area contributed by atoms with Crippen LogP contribution in [0.25, 0.3) is 11.1 Å². The van der Waals surface area contributed by atoms with Gasteiger partial charge in [-0.1, -0.05) is 62.8 Å². The number of carbonyl (C=O) groups excluding carboxylic acids is 2. The van der Waals surface area contributed by atoms with E-state index in [0.29, 0.717) is 11.5 Å². The Morgan fingerprint density at radius 1 is 0.625 bits per heavy atom. The van der Waals surface area contributed by atoms with E-state index in [-0.39, 0.29) is 12.1 Å². The largest absolute Gasteiger partial charge is 0.412 e. The zero-order valence-electron chi connectivity index (χ0n) is 18.5. The maximum Gasteiger partial charge on any atom is 0.412 e. The van der Waals surface area contributed by atoms with Gasteiger partial charge in [-0.05, 0) is 61.1 Å². The minimum Gasteiger partial charge on any atom is -0.410 e. The molecule has 2 N–H and O–H groups in total. The molecule has 0 spiro atoms. The quantitative estimate of drug-likeness (QED) is 0.585. The highest BCUT2D eigenvalue weighted by Crippen LogP contribution is 2.27. The molecular weight excluding hydrogens is 404 g/mol. The van der Waals surface area contributed by atoms with Gasteiger partial charge in [0.25, 0.3) is 0 Å². The predicted octanol–water partition coefficient (Wildman–Crippen LogP) is 6.20. The summed E-state index contributed by atoms with van der Waals surface area (Å²) in [5, 5.41) is 5.93. The molecule has 2 fully saturated rings. The van der Waals surface area contributed by atoms with Crippen molar-refractivity contribution in [1.29, 1.82) is 0 Å². The number of benzene rings is 2. The number of carbonyl (C=O) groups is 2. The molecule has 2 aliphatic carbocycles. The van der Waals surface area contributed by atoms with E-state index in [0.717, 1.165) is 62.5 Å². The second kappa shape index (κ2) is 11.0. The van der Waals surface area contributed by atoms with Crippen molar-refractivity contribution in [1.82, 2.24) is 10.6 Å². The van der Waals surface area contributed by atoms with Crippen LogP contribution in [0.5, 0.6) is 11.5 Å². The molecule has 0 unspecified atom stereocenters. The summed E-state index contributed by atoms with van der Waals surface area (Å²) in [6, 6.07) is 15.2. The predicted molar refractivity (Wildman–Crippen MR) is 124 cm³/mol. The Morgan fingerprint density at radius 3 is 1.44 bits per heavy atom. The summed E-state index contributed by atoms with van der Waals surface area (Å²) in [6.07, 6.45) is 10.3. The summed E-state index contributed by atoms with van der Waals surface area (Å²) in [4.78, 5) is 24.5. The van der Waals surface area contributed by atoms with Gasteiger partial charge in [0.1, 0.15) is 11.5 Å². The zero-order chi connectivity index (χ0) is 22.2. The van der Waals surface area contributed by atoms with Crippen molar-refractivity contribution in [3.8, 4) is 22.6 Å². The number of ether oxygens (including phenoxy) is 2. The summed E-state index contributed by atoms with van der Waals surface area (Å²) in [5.74, 6) is 0.967. The first-order valence-electron chi connectivity index (χ1n) is 11.8. The number of rotatable bonds is 5. The average Bonchev–Trinajstić information content (AvgIpc) is 2.80.